The van der Waals surface area contributed by atoms with Crippen LogP contribution in [0.25, 0.3) is 0 Å². The Morgan fingerprint density at radius 2 is 2.03 bits per heavy atom. The zero-order valence-corrected chi connectivity index (χ0v) is 16.3. The van der Waals surface area contributed by atoms with Crippen LogP contribution in [0.3, 0.4) is 0 Å². The molecular weight excluding hydrogens is 375 g/mol. The van der Waals surface area contributed by atoms with E-state index in [1.807, 2.05) is 4.90 Å². The Morgan fingerprint density at radius 1 is 1.24 bits per heavy atom. The molecule has 7 nitrogen and oxygen atoms in total. The van der Waals surface area contributed by atoms with Crippen LogP contribution >= 0.6 is 0 Å². The Hall–Kier alpha value is -2.45. The molecule has 1 atom stereocenters. The van der Waals surface area contributed by atoms with Crippen LogP contribution in [0.15, 0.2) is 39.6 Å². The van der Waals surface area contributed by atoms with Crippen molar-refractivity contribution in [1.29, 1.82) is 0 Å². The molecule has 154 valence electrons. The van der Waals surface area contributed by atoms with Crippen molar-refractivity contribution in [2.45, 2.75) is 38.1 Å². The first-order valence-corrected chi connectivity index (χ1v) is 10.2. The summed E-state index contributed by atoms with van der Waals surface area (Å²) in [7, 11) is 0. The van der Waals surface area contributed by atoms with Crippen LogP contribution in [0.5, 0.6) is 0 Å². The van der Waals surface area contributed by atoms with Crippen molar-refractivity contribution in [3.63, 3.8) is 0 Å². The van der Waals surface area contributed by atoms with Crippen LogP contribution in [0.1, 0.15) is 31.2 Å². The van der Waals surface area contributed by atoms with E-state index >= 15 is 0 Å². The Bertz CT molecular complexity index is 861. The molecule has 29 heavy (non-hydrogen) atoms. The highest BCUT2D eigenvalue weighted by molar-refractivity contribution is 5.95. The fourth-order valence-electron chi connectivity index (χ4n) is 4.13. The molecule has 0 radical (unpaired) electrons. The number of nitrogens with zero attached hydrogens (tertiary/aromatic N) is 3. The molecule has 1 aromatic carbocycles. The normalized spacial score (nSPS) is 22.5. The second-order valence-corrected chi connectivity index (χ2v) is 7.70. The molecule has 2 aliphatic heterocycles. The molecular formula is C21H25FN4O3. The Morgan fingerprint density at radius 3 is 2.86 bits per heavy atom. The number of morpholine rings is 1. The van der Waals surface area contributed by atoms with E-state index < -0.39 is 5.82 Å². The fourth-order valence-corrected chi connectivity index (χ4v) is 4.13. The van der Waals surface area contributed by atoms with E-state index in [4.69, 9.17) is 4.74 Å². The first kappa shape index (κ1) is 19.8. The fraction of sp³-hybridized carbons (Fsp3) is 0.524. The van der Waals surface area contributed by atoms with Gasteiger partial charge in [0.05, 0.1) is 31.5 Å². The molecule has 1 fully saturated rings. The van der Waals surface area contributed by atoms with Crippen molar-refractivity contribution in [3.8, 4) is 0 Å². The number of benzene rings is 1. The van der Waals surface area contributed by atoms with Crippen LogP contribution in [-0.2, 0) is 20.7 Å². The maximum absolute atomic E-state index is 14.3. The van der Waals surface area contributed by atoms with Gasteiger partial charge in [0.15, 0.2) is 0 Å². The summed E-state index contributed by atoms with van der Waals surface area (Å²) in [6, 6.07) is 4.52. The third kappa shape index (κ3) is 4.76. The lowest BCUT2D eigenvalue weighted by atomic mass is 9.84. The van der Waals surface area contributed by atoms with Gasteiger partial charge in [-0.25, -0.2) is 4.39 Å². The lowest BCUT2D eigenvalue weighted by Gasteiger charge is -2.26. The zero-order valence-electron chi connectivity index (χ0n) is 16.3. The average molecular weight is 400 g/mol. The monoisotopic (exact) mass is 400 g/mol. The SMILES string of the molecule is O=C(CN1CCOCC1)Nc1cc(CC2N=NC(=O)C3=C2CCCC3)ccc1F. The first-order valence-electron chi connectivity index (χ1n) is 10.2. The second-order valence-electron chi connectivity index (χ2n) is 7.70. The van der Waals surface area contributed by atoms with E-state index in [-0.39, 0.29) is 30.1 Å². The molecule has 2 amide bonds. The van der Waals surface area contributed by atoms with Gasteiger partial charge in [-0.15, -0.1) is 5.11 Å². The maximum Gasteiger partial charge on any atom is 0.291 e. The molecule has 1 saturated heterocycles. The standard InChI is InChI=1S/C21H25FN4O3/c22-17-6-5-14(11-18-15-3-1-2-4-16(15)21(28)25-24-18)12-19(17)23-20(27)13-26-7-9-29-10-8-26/h5-6,12,18H,1-4,7-11,13H2,(H,23,27). The molecule has 1 N–H and O–H groups in total. The van der Waals surface area contributed by atoms with Gasteiger partial charge >= 0.3 is 0 Å². The Balaban J connectivity index is 1.44. The number of azo groups is 1. The highest BCUT2D eigenvalue weighted by Crippen LogP contribution is 2.34. The molecule has 1 unspecified atom stereocenters. The lowest BCUT2D eigenvalue weighted by molar-refractivity contribution is -0.118. The predicted molar refractivity (Wildman–Crippen MR) is 105 cm³/mol. The maximum atomic E-state index is 14.3. The number of ether oxygens (including phenoxy) is 1. The number of hydrogen-bond donors (Lipinski definition) is 1. The minimum Gasteiger partial charge on any atom is -0.379 e. The van der Waals surface area contributed by atoms with Gasteiger partial charge in [-0.05, 0) is 49.0 Å². The van der Waals surface area contributed by atoms with Gasteiger partial charge in [0.25, 0.3) is 5.91 Å². The van der Waals surface area contributed by atoms with Gasteiger partial charge in [0.2, 0.25) is 5.91 Å². The highest BCUT2D eigenvalue weighted by atomic mass is 19.1. The van der Waals surface area contributed by atoms with Crippen molar-refractivity contribution in [2.75, 3.05) is 38.2 Å². The van der Waals surface area contributed by atoms with Gasteiger partial charge in [-0.1, -0.05) is 6.07 Å². The molecule has 2 heterocycles. The number of amides is 2. The summed E-state index contributed by atoms with van der Waals surface area (Å²) in [4.78, 5) is 26.3. The van der Waals surface area contributed by atoms with Crippen molar-refractivity contribution in [1.82, 2.24) is 4.90 Å². The van der Waals surface area contributed by atoms with E-state index in [9.17, 15) is 14.0 Å². The minimum atomic E-state index is -0.470. The number of rotatable bonds is 5. The van der Waals surface area contributed by atoms with Gasteiger partial charge in [-0.3, -0.25) is 14.5 Å². The quantitative estimate of drug-likeness (QED) is 0.824. The zero-order chi connectivity index (χ0) is 20.2. The summed E-state index contributed by atoms with van der Waals surface area (Å²) in [6.07, 6.45) is 4.19. The number of halogens is 1. The minimum absolute atomic E-state index is 0.169. The van der Waals surface area contributed by atoms with Gasteiger partial charge in [-0.2, -0.15) is 5.11 Å². The first-order chi connectivity index (χ1) is 14.1. The van der Waals surface area contributed by atoms with Crippen LogP contribution in [-0.4, -0.2) is 55.6 Å². The van der Waals surface area contributed by atoms with Crippen molar-refractivity contribution in [3.05, 3.63) is 40.7 Å². The van der Waals surface area contributed by atoms with E-state index in [0.717, 1.165) is 42.4 Å². The topological polar surface area (TPSA) is 83.4 Å². The molecule has 3 aliphatic rings. The van der Waals surface area contributed by atoms with E-state index in [2.05, 4.69) is 15.5 Å². The molecule has 0 bridgehead atoms. The van der Waals surface area contributed by atoms with Gasteiger partial charge < -0.3 is 10.1 Å². The van der Waals surface area contributed by atoms with Gasteiger partial charge in [0, 0.05) is 25.1 Å². The van der Waals surface area contributed by atoms with Gasteiger partial charge in [0.1, 0.15) is 5.82 Å². The van der Waals surface area contributed by atoms with Crippen LogP contribution in [0.2, 0.25) is 0 Å². The van der Waals surface area contributed by atoms with Crippen molar-refractivity contribution >= 4 is 17.5 Å². The largest absolute Gasteiger partial charge is 0.379 e. The summed E-state index contributed by atoms with van der Waals surface area (Å²) in [5, 5.41) is 10.7. The molecule has 4 rings (SSSR count). The second kappa shape index (κ2) is 8.92. The third-order valence-electron chi connectivity index (χ3n) is 5.66. The molecule has 1 aromatic rings. The summed E-state index contributed by atoms with van der Waals surface area (Å²) in [5.74, 6) is -0.934. The molecule has 1 aliphatic carbocycles. The third-order valence-corrected chi connectivity index (χ3v) is 5.66. The highest BCUT2D eigenvalue weighted by Gasteiger charge is 2.29. The summed E-state index contributed by atoms with van der Waals surface area (Å²) in [5.41, 5.74) is 2.89. The van der Waals surface area contributed by atoms with E-state index in [1.54, 1.807) is 12.1 Å². The molecule has 0 aromatic heterocycles. The molecule has 8 heteroatoms. The summed E-state index contributed by atoms with van der Waals surface area (Å²) >= 11 is 0. The Labute approximate surface area is 169 Å². The van der Waals surface area contributed by atoms with Crippen molar-refractivity contribution in [2.24, 2.45) is 10.2 Å². The van der Waals surface area contributed by atoms with E-state index in [0.29, 0.717) is 32.7 Å². The summed E-state index contributed by atoms with van der Waals surface area (Å²) in [6.45, 7) is 2.81. The number of hydrogen-bond acceptors (Lipinski definition) is 5. The molecule has 0 spiro atoms. The number of carbonyl (C=O) groups excluding carboxylic acids is 2. The Kier molecular flexibility index (Phi) is 6.10. The van der Waals surface area contributed by atoms with E-state index in [1.165, 1.54) is 6.07 Å². The average Bonchev–Trinajstić information content (AvgIpc) is 2.73. The lowest BCUT2D eigenvalue weighted by Crippen LogP contribution is -2.41. The van der Waals surface area contributed by atoms with Crippen LogP contribution in [0, 0.1) is 5.82 Å². The summed E-state index contributed by atoms with van der Waals surface area (Å²) < 4.78 is 19.5. The number of anilines is 1. The smallest absolute Gasteiger partial charge is 0.291 e. The number of carbonyl (C=O) groups is 2. The number of nitrogens with one attached hydrogen (secondary N) is 1. The molecule has 0 saturated carbocycles. The van der Waals surface area contributed by atoms with Crippen molar-refractivity contribution < 1.29 is 18.7 Å². The van der Waals surface area contributed by atoms with Crippen LogP contribution < -0.4 is 5.32 Å². The predicted octanol–water partition coefficient (Wildman–Crippen LogP) is 2.87. The van der Waals surface area contributed by atoms with Crippen LogP contribution in [0.4, 0.5) is 10.1 Å².